The third-order valence-electron chi connectivity index (χ3n) is 7.02. The highest BCUT2D eigenvalue weighted by Gasteiger charge is 2.39. The van der Waals surface area contributed by atoms with Crippen LogP contribution in [0.5, 0.6) is 0 Å². The summed E-state index contributed by atoms with van der Waals surface area (Å²) in [5.41, 5.74) is 5.72. The van der Waals surface area contributed by atoms with Gasteiger partial charge in [0.1, 0.15) is 0 Å². The Balaban J connectivity index is 1.15. The van der Waals surface area contributed by atoms with Gasteiger partial charge < -0.3 is 14.8 Å². The molecule has 1 N–H and O–H groups in total. The molecule has 1 aliphatic heterocycles. The van der Waals surface area contributed by atoms with Crippen LogP contribution in [0.3, 0.4) is 0 Å². The first-order chi connectivity index (χ1) is 19.0. The minimum Gasteiger partial charge on any atom is -0.454 e. The van der Waals surface area contributed by atoms with Gasteiger partial charge in [0.15, 0.2) is 12.4 Å². The smallest absolute Gasteiger partial charge is 0.338 e. The molecule has 200 valence electrons. The summed E-state index contributed by atoms with van der Waals surface area (Å²) in [5.74, 6) is -1.57. The van der Waals surface area contributed by atoms with Gasteiger partial charge in [-0.3, -0.25) is 14.4 Å². The maximum absolute atomic E-state index is 12.8. The van der Waals surface area contributed by atoms with E-state index in [1.165, 1.54) is 35.4 Å². The third-order valence-corrected chi connectivity index (χ3v) is 7.02. The van der Waals surface area contributed by atoms with Crippen LogP contribution < -0.4 is 10.2 Å². The highest BCUT2D eigenvalue weighted by atomic mass is 16.5. The van der Waals surface area contributed by atoms with Crippen LogP contribution in [-0.4, -0.2) is 56.0 Å². The molecule has 5 rings (SSSR count). The second kappa shape index (κ2) is 11.7. The predicted molar refractivity (Wildman–Crippen MR) is 146 cm³/mol. The fourth-order valence-corrected chi connectivity index (χ4v) is 5.02. The number of esters is 1. The Morgan fingerprint density at radius 2 is 1.69 bits per heavy atom. The normalized spacial score (nSPS) is 15.8. The summed E-state index contributed by atoms with van der Waals surface area (Å²) < 4.78 is 10.6. The molecule has 0 bridgehead atoms. The molecule has 1 aliphatic carbocycles. The zero-order valence-corrected chi connectivity index (χ0v) is 21.8. The number of carbonyl (C=O) groups excluding carboxylic acids is 4. The van der Waals surface area contributed by atoms with Crippen LogP contribution in [0.4, 0.5) is 5.69 Å². The van der Waals surface area contributed by atoms with Crippen molar-refractivity contribution < 1.29 is 28.7 Å². The Labute approximate surface area is 226 Å². The molecule has 1 heterocycles. The number of hydrogen-bond donors (Lipinski definition) is 1. The molecule has 1 unspecified atom stereocenters. The quantitative estimate of drug-likeness (QED) is 0.137. The number of imide groups is 1. The first-order valence-corrected chi connectivity index (χ1v) is 13.2. The lowest BCUT2D eigenvalue weighted by molar-refractivity contribution is -0.121. The fraction of sp³-hybridized carbons (Fsp3) is 0.290. The molecule has 1 saturated heterocycles. The molecule has 0 saturated carbocycles. The summed E-state index contributed by atoms with van der Waals surface area (Å²) in [6.07, 6.45) is 1.59. The SMILES string of the molecule is CCOCCCNC1CC(=O)N(c2ccc(C(=O)OCC(=O)c3ccc4c(c3)Cc3ccccc3-4)cc2)C1=O. The standard InChI is InChI=1S/C31H30N2O6/c1-2-38-15-5-14-32-27-18-29(35)33(30(27)36)24-11-8-20(9-12-24)31(37)39-19-28(34)22-10-13-26-23(17-22)16-21-6-3-4-7-25(21)26/h3-4,6-13,17,27,32H,2,5,14-16,18-19H2,1H3. The zero-order chi connectivity index (χ0) is 27.4. The summed E-state index contributed by atoms with van der Waals surface area (Å²) in [7, 11) is 0. The number of carbonyl (C=O) groups is 4. The maximum atomic E-state index is 12.8. The highest BCUT2D eigenvalue weighted by molar-refractivity contribution is 6.22. The average Bonchev–Trinajstić information content (AvgIpc) is 3.46. The molecule has 1 fully saturated rings. The molecule has 39 heavy (non-hydrogen) atoms. The Hall–Kier alpha value is -4.14. The molecule has 1 atom stereocenters. The van der Waals surface area contributed by atoms with E-state index in [0.29, 0.717) is 31.0 Å². The topological polar surface area (TPSA) is 102 Å². The lowest BCUT2D eigenvalue weighted by atomic mass is 10.0. The van der Waals surface area contributed by atoms with E-state index in [9.17, 15) is 19.2 Å². The van der Waals surface area contributed by atoms with Crippen LogP contribution in [0.25, 0.3) is 11.1 Å². The number of nitrogens with zero attached hydrogens (tertiary/aromatic N) is 1. The molecule has 2 amide bonds. The van der Waals surface area contributed by atoms with Crippen molar-refractivity contribution in [2.75, 3.05) is 31.3 Å². The van der Waals surface area contributed by atoms with Gasteiger partial charge >= 0.3 is 5.97 Å². The number of anilines is 1. The van der Waals surface area contributed by atoms with Gasteiger partial charge in [0.25, 0.3) is 5.91 Å². The lowest BCUT2D eigenvalue weighted by Crippen LogP contribution is -2.39. The van der Waals surface area contributed by atoms with Crippen LogP contribution in [0.15, 0.2) is 66.7 Å². The van der Waals surface area contributed by atoms with E-state index < -0.39 is 12.0 Å². The molecule has 3 aromatic carbocycles. The minimum absolute atomic E-state index is 0.0775. The van der Waals surface area contributed by atoms with Gasteiger partial charge in [-0.05, 0) is 78.9 Å². The maximum Gasteiger partial charge on any atom is 0.338 e. The first-order valence-electron chi connectivity index (χ1n) is 13.2. The molecular formula is C31H30N2O6. The van der Waals surface area contributed by atoms with Crippen molar-refractivity contribution >= 4 is 29.3 Å². The second-order valence-corrected chi connectivity index (χ2v) is 9.58. The number of nitrogens with one attached hydrogen (secondary N) is 1. The second-order valence-electron chi connectivity index (χ2n) is 9.58. The summed E-state index contributed by atoms with van der Waals surface area (Å²) in [4.78, 5) is 51.7. The summed E-state index contributed by atoms with van der Waals surface area (Å²) in [5, 5.41) is 3.11. The number of benzene rings is 3. The predicted octanol–water partition coefficient (Wildman–Crippen LogP) is 3.95. The highest BCUT2D eigenvalue weighted by Crippen LogP contribution is 2.36. The fourth-order valence-electron chi connectivity index (χ4n) is 5.02. The van der Waals surface area contributed by atoms with Gasteiger partial charge in [0.2, 0.25) is 5.91 Å². The lowest BCUT2D eigenvalue weighted by Gasteiger charge is -2.16. The monoisotopic (exact) mass is 526 g/mol. The van der Waals surface area contributed by atoms with E-state index in [4.69, 9.17) is 9.47 Å². The van der Waals surface area contributed by atoms with Crippen LogP contribution in [0, 0.1) is 0 Å². The van der Waals surface area contributed by atoms with E-state index in [1.807, 2.05) is 31.2 Å². The Bertz CT molecular complexity index is 1410. The van der Waals surface area contributed by atoms with Crippen LogP contribution >= 0.6 is 0 Å². The van der Waals surface area contributed by atoms with Crippen molar-refractivity contribution in [3.63, 3.8) is 0 Å². The zero-order valence-electron chi connectivity index (χ0n) is 21.8. The Kier molecular flexibility index (Phi) is 7.95. The van der Waals surface area contributed by atoms with Gasteiger partial charge in [0.05, 0.1) is 23.7 Å². The van der Waals surface area contributed by atoms with E-state index in [-0.39, 0.29) is 36.2 Å². The van der Waals surface area contributed by atoms with Crippen LogP contribution in [0.1, 0.15) is 51.6 Å². The molecule has 0 aromatic heterocycles. The number of ketones is 1. The number of rotatable bonds is 11. The largest absolute Gasteiger partial charge is 0.454 e. The number of fused-ring (bicyclic) bond motifs is 3. The van der Waals surface area contributed by atoms with Crippen molar-refractivity contribution in [2.45, 2.75) is 32.2 Å². The van der Waals surface area contributed by atoms with Crippen molar-refractivity contribution in [1.29, 1.82) is 0 Å². The number of amides is 2. The summed E-state index contributed by atoms with van der Waals surface area (Å²) in [6.45, 7) is 3.34. The molecule has 8 heteroatoms. The molecule has 8 nitrogen and oxygen atoms in total. The minimum atomic E-state index is -0.656. The average molecular weight is 527 g/mol. The van der Waals surface area contributed by atoms with Crippen molar-refractivity contribution in [3.8, 4) is 11.1 Å². The summed E-state index contributed by atoms with van der Waals surface area (Å²) >= 11 is 0. The molecule has 0 spiro atoms. The van der Waals surface area contributed by atoms with Gasteiger partial charge in [0, 0.05) is 18.8 Å². The molecule has 0 radical (unpaired) electrons. The number of ether oxygens (including phenoxy) is 2. The number of Topliss-reactive ketones (excluding diaryl/α,β-unsaturated/α-hetero) is 1. The first kappa shape index (κ1) is 26.5. The van der Waals surface area contributed by atoms with Crippen LogP contribution in [-0.2, 0) is 25.5 Å². The van der Waals surface area contributed by atoms with Crippen LogP contribution in [0.2, 0.25) is 0 Å². The number of hydrogen-bond acceptors (Lipinski definition) is 7. The third kappa shape index (κ3) is 5.67. The van der Waals surface area contributed by atoms with Crippen molar-refractivity contribution in [1.82, 2.24) is 5.32 Å². The molecule has 2 aliphatic rings. The van der Waals surface area contributed by atoms with E-state index >= 15 is 0 Å². The van der Waals surface area contributed by atoms with Crippen molar-refractivity contribution in [3.05, 3.63) is 89.0 Å². The van der Waals surface area contributed by atoms with Gasteiger partial charge in [-0.1, -0.05) is 36.4 Å². The Morgan fingerprint density at radius 1 is 0.949 bits per heavy atom. The van der Waals surface area contributed by atoms with Crippen molar-refractivity contribution in [2.24, 2.45) is 0 Å². The van der Waals surface area contributed by atoms with Gasteiger partial charge in [-0.25, -0.2) is 9.69 Å². The van der Waals surface area contributed by atoms with Gasteiger partial charge in [-0.15, -0.1) is 0 Å². The summed E-state index contributed by atoms with van der Waals surface area (Å²) in [6, 6.07) is 19.2. The van der Waals surface area contributed by atoms with E-state index in [2.05, 4.69) is 17.4 Å². The Morgan fingerprint density at radius 3 is 2.49 bits per heavy atom. The van der Waals surface area contributed by atoms with Gasteiger partial charge in [-0.2, -0.15) is 0 Å². The van der Waals surface area contributed by atoms with E-state index in [0.717, 1.165) is 28.9 Å². The molecular weight excluding hydrogens is 496 g/mol. The van der Waals surface area contributed by atoms with E-state index in [1.54, 1.807) is 6.07 Å². The molecule has 3 aromatic rings.